The van der Waals surface area contributed by atoms with Crippen molar-refractivity contribution in [2.75, 3.05) is 12.0 Å². The summed E-state index contributed by atoms with van der Waals surface area (Å²) in [6, 6.07) is 29.8. The number of halogens is 2. The molecule has 1 aliphatic heterocycles. The molecular formula is C31H23Cl2N3O3S. The molecular weight excluding hydrogens is 565 g/mol. The first-order valence-electron chi connectivity index (χ1n) is 12.5. The first kappa shape index (κ1) is 26.2. The number of furan rings is 1. The van der Waals surface area contributed by atoms with Gasteiger partial charge in [0.1, 0.15) is 34.8 Å². The van der Waals surface area contributed by atoms with E-state index in [0.29, 0.717) is 32.4 Å². The van der Waals surface area contributed by atoms with E-state index in [1.54, 1.807) is 25.4 Å². The number of hydrogen-bond donors (Lipinski definition) is 1. The Morgan fingerprint density at radius 1 is 0.850 bits per heavy atom. The highest BCUT2D eigenvalue weighted by atomic mass is 35.5. The van der Waals surface area contributed by atoms with E-state index in [1.807, 2.05) is 89.8 Å². The van der Waals surface area contributed by atoms with Crippen LogP contribution in [0.3, 0.4) is 0 Å². The van der Waals surface area contributed by atoms with Gasteiger partial charge in [-0.25, -0.2) is 0 Å². The molecule has 3 aromatic carbocycles. The van der Waals surface area contributed by atoms with Gasteiger partial charge >= 0.3 is 0 Å². The van der Waals surface area contributed by atoms with Gasteiger partial charge in [0.15, 0.2) is 5.11 Å². The summed E-state index contributed by atoms with van der Waals surface area (Å²) in [6.07, 6.45) is 1.77. The molecule has 5 aromatic rings. The zero-order chi connectivity index (χ0) is 27.6. The molecule has 1 aliphatic rings. The van der Waals surface area contributed by atoms with Gasteiger partial charge in [-0.1, -0.05) is 29.3 Å². The number of rotatable bonds is 7. The van der Waals surface area contributed by atoms with Gasteiger partial charge in [0.2, 0.25) is 0 Å². The topological polar surface area (TPSA) is 59.8 Å². The van der Waals surface area contributed by atoms with Crippen LogP contribution < -0.4 is 19.7 Å². The minimum atomic E-state index is -0.299. The number of pyridine rings is 1. The zero-order valence-electron chi connectivity index (χ0n) is 21.3. The lowest BCUT2D eigenvalue weighted by molar-refractivity contribution is 0.413. The van der Waals surface area contributed by atoms with Crippen LogP contribution in [0.1, 0.15) is 23.5 Å². The molecule has 40 heavy (non-hydrogen) atoms. The van der Waals surface area contributed by atoms with E-state index >= 15 is 0 Å². The third kappa shape index (κ3) is 5.23. The second kappa shape index (κ2) is 11.2. The number of anilines is 1. The van der Waals surface area contributed by atoms with E-state index in [4.69, 9.17) is 49.3 Å². The quantitative estimate of drug-likeness (QED) is 0.191. The van der Waals surface area contributed by atoms with E-state index in [-0.39, 0.29) is 12.1 Å². The van der Waals surface area contributed by atoms with Gasteiger partial charge < -0.3 is 24.1 Å². The van der Waals surface area contributed by atoms with Crippen LogP contribution in [0.4, 0.5) is 5.69 Å². The highest BCUT2D eigenvalue weighted by molar-refractivity contribution is 7.80. The van der Waals surface area contributed by atoms with Crippen LogP contribution in [0.5, 0.6) is 17.2 Å². The Morgan fingerprint density at radius 2 is 1.57 bits per heavy atom. The number of nitrogens with one attached hydrogen (secondary N) is 1. The third-order valence-electron chi connectivity index (χ3n) is 6.63. The molecule has 2 atom stereocenters. The first-order valence-corrected chi connectivity index (χ1v) is 13.6. The van der Waals surface area contributed by atoms with Gasteiger partial charge in [0.05, 0.1) is 28.9 Å². The molecule has 0 aliphatic carbocycles. The fourth-order valence-electron chi connectivity index (χ4n) is 4.69. The molecule has 0 unspecified atom stereocenters. The Labute approximate surface area is 247 Å². The number of aromatic nitrogens is 1. The number of nitrogens with zero attached hydrogens (tertiary/aromatic N) is 2. The highest BCUT2D eigenvalue weighted by Gasteiger charge is 2.42. The van der Waals surface area contributed by atoms with Crippen LogP contribution in [-0.4, -0.2) is 17.2 Å². The predicted molar refractivity (Wildman–Crippen MR) is 162 cm³/mol. The Bertz CT molecular complexity index is 1640. The smallest absolute Gasteiger partial charge is 0.174 e. The lowest BCUT2D eigenvalue weighted by atomic mass is 10.0. The fourth-order valence-corrected chi connectivity index (χ4v) is 5.34. The minimum Gasteiger partial charge on any atom is -0.497 e. The van der Waals surface area contributed by atoms with Gasteiger partial charge in [0.25, 0.3) is 0 Å². The maximum Gasteiger partial charge on any atom is 0.174 e. The lowest BCUT2D eigenvalue weighted by Gasteiger charge is -2.26. The molecule has 3 heterocycles. The summed E-state index contributed by atoms with van der Waals surface area (Å²) in [5, 5.41) is 4.97. The normalized spacial score (nSPS) is 16.6. The standard InChI is InChI=1S/C31H23Cl2N3O3S/c1-37-21-10-12-23(13-11-21)38-22-8-6-20(7-9-22)36-30(29(35-31(36)40)26-4-2-3-17-34-26)28-16-15-27(39-28)19-5-14-24(32)25(33)18-19/h2-18,29-30H,1H3,(H,35,40)/t29-,30-/m0/s1. The van der Waals surface area contributed by atoms with E-state index in [0.717, 1.165) is 28.5 Å². The van der Waals surface area contributed by atoms with Crippen molar-refractivity contribution < 1.29 is 13.9 Å². The van der Waals surface area contributed by atoms with Crippen LogP contribution in [0.2, 0.25) is 10.0 Å². The van der Waals surface area contributed by atoms with Crippen molar-refractivity contribution in [1.29, 1.82) is 0 Å². The summed E-state index contributed by atoms with van der Waals surface area (Å²) in [5.41, 5.74) is 2.56. The fraction of sp³-hybridized carbons (Fsp3) is 0.0968. The number of thiocarbonyl (C=S) groups is 1. The van der Waals surface area contributed by atoms with Crippen molar-refractivity contribution in [3.8, 4) is 28.6 Å². The monoisotopic (exact) mass is 587 g/mol. The maximum atomic E-state index is 6.42. The zero-order valence-corrected chi connectivity index (χ0v) is 23.6. The Morgan fingerprint density at radius 3 is 2.25 bits per heavy atom. The molecule has 1 fully saturated rings. The van der Waals surface area contributed by atoms with Crippen molar-refractivity contribution in [2.45, 2.75) is 12.1 Å². The summed E-state index contributed by atoms with van der Waals surface area (Å²) in [5.74, 6) is 3.58. The van der Waals surface area contributed by atoms with E-state index in [2.05, 4.69) is 10.3 Å². The third-order valence-corrected chi connectivity index (χ3v) is 7.68. The minimum absolute atomic E-state index is 0.239. The summed E-state index contributed by atoms with van der Waals surface area (Å²) in [7, 11) is 1.63. The molecule has 6 nitrogen and oxygen atoms in total. The number of benzene rings is 3. The van der Waals surface area contributed by atoms with Crippen molar-refractivity contribution in [3.63, 3.8) is 0 Å². The molecule has 200 valence electrons. The second-order valence-corrected chi connectivity index (χ2v) is 10.3. The largest absolute Gasteiger partial charge is 0.497 e. The molecule has 1 saturated heterocycles. The molecule has 0 amide bonds. The molecule has 1 N–H and O–H groups in total. The van der Waals surface area contributed by atoms with Gasteiger partial charge in [-0.15, -0.1) is 0 Å². The average Bonchev–Trinajstić information content (AvgIpc) is 3.60. The molecule has 9 heteroatoms. The maximum absolute atomic E-state index is 6.42. The van der Waals surface area contributed by atoms with Crippen molar-refractivity contribution in [2.24, 2.45) is 0 Å². The van der Waals surface area contributed by atoms with Crippen molar-refractivity contribution in [1.82, 2.24) is 10.3 Å². The molecule has 0 spiro atoms. The second-order valence-electron chi connectivity index (χ2n) is 9.10. The predicted octanol–water partition coefficient (Wildman–Crippen LogP) is 8.63. The Kier molecular flexibility index (Phi) is 7.34. The van der Waals surface area contributed by atoms with Gasteiger partial charge in [0, 0.05) is 17.4 Å². The van der Waals surface area contributed by atoms with E-state index < -0.39 is 0 Å². The number of methoxy groups -OCH3 is 1. The van der Waals surface area contributed by atoms with Crippen LogP contribution in [-0.2, 0) is 0 Å². The van der Waals surface area contributed by atoms with Crippen LogP contribution in [0.15, 0.2) is 108 Å². The Balaban J connectivity index is 1.33. The summed E-state index contributed by atoms with van der Waals surface area (Å²) in [6.45, 7) is 0. The Hall–Kier alpha value is -4.04. The first-order chi connectivity index (χ1) is 19.5. The van der Waals surface area contributed by atoms with Crippen LogP contribution >= 0.6 is 35.4 Å². The van der Waals surface area contributed by atoms with Gasteiger partial charge in [-0.3, -0.25) is 4.98 Å². The van der Waals surface area contributed by atoms with Crippen LogP contribution in [0.25, 0.3) is 11.3 Å². The summed E-state index contributed by atoms with van der Waals surface area (Å²) >= 11 is 18.2. The number of hydrogen-bond acceptors (Lipinski definition) is 5. The lowest BCUT2D eigenvalue weighted by Crippen LogP contribution is -2.29. The average molecular weight is 589 g/mol. The molecule has 0 bridgehead atoms. The van der Waals surface area contributed by atoms with Gasteiger partial charge in [-0.2, -0.15) is 0 Å². The molecule has 0 radical (unpaired) electrons. The van der Waals surface area contributed by atoms with Gasteiger partial charge in [-0.05, 0) is 103 Å². The molecule has 6 rings (SSSR count). The summed E-state index contributed by atoms with van der Waals surface area (Å²) < 4.78 is 17.7. The SMILES string of the molecule is COc1ccc(Oc2ccc(N3C(=S)N[C@@H](c4ccccn4)[C@@H]3c3ccc(-c4ccc(Cl)c(Cl)c4)o3)cc2)cc1. The molecule has 2 aromatic heterocycles. The number of ether oxygens (including phenoxy) is 2. The highest BCUT2D eigenvalue weighted by Crippen LogP contribution is 2.43. The van der Waals surface area contributed by atoms with Crippen molar-refractivity contribution in [3.05, 3.63) is 125 Å². The van der Waals surface area contributed by atoms with E-state index in [1.165, 1.54) is 0 Å². The van der Waals surface area contributed by atoms with E-state index in [9.17, 15) is 0 Å². The summed E-state index contributed by atoms with van der Waals surface area (Å²) in [4.78, 5) is 6.65. The van der Waals surface area contributed by atoms with Crippen molar-refractivity contribution >= 4 is 46.2 Å². The molecule has 0 saturated carbocycles. The van der Waals surface area contributed by atoms with Crippen LogP contribution in [0, 0.1) is 0 Å².